The molecule has 0 saturated carbocycles. The zero-order valence-corrected chi connectivity index (χ0v) is 8.98. The summed E-state index contributed by atoms with van der Waals surface area (Å²) in [7, 11) is 1.67. The van der Waals surface area contributed by atoms with Crippen molar-refractivity contribution in [2.45, 2.75) is 0 Å². The zero-order chi connectivity index (χ0) is 14.8. The topological polar surface area (TPSA) is 33.4 Å². The van der Waals surface area contributed by atoms with Gasteiger partial charge in [0, 0.05) is 28.2 Å². The Balaban J connectivity index is 0.00000361. The number of carbonyl (C=O) groups excluding carboxylic acids is 1. The monoisotopic (exact) mass is 266 g/mol. The fourth-order valence-corrected chi connectivity index (χ4v) is 0.767. The summed E-state index contributed by atoms with van der Waals surface area (Å²) < 4.78 is 48.8. The normalized spacial score (nSPS) is 16.9. The van der Waals surface area contributed by atoms with E-state index in [1.165, 1.54) is 12.3 Å². The lowest BCUT2D eigenvalue weighted by Crippen LogP contribution is -3.00. The predicted molar refractivity (Wildman–Crippen MR) is 47.3 cm³/mol. The van der Waals surface area contributed by atoms with E-state index in [-0.39, 0.29) is 27.6 Å². The lowest BCUT2D eigenvalue weighted by molar-refractivity contribution is -0.671. The summed E-state index contributed by atoms with van der Waals surface area (Å²) in [6.07, 6.45) is 1.63. The molecule has 0 aromatic carbocycles. The molecule has 0 unspecified atom stereocenters. The van der Waals surface area contributed by atoms with Gasteiger partial charge in [0.25, 0.3) is 0 Å². The van der Waals surface area contributed by atoms with Crippen molar-refractivity contribution in [1.29, 1.82) is 0 Å². The minimum atomic E-state index is -3.11. The van der Waals surface area contributed by atoms with Crippen molar-refractivity contribution < 1.29 is 39.3 Å². The summed E-state index contributed by atoms with van der Waals surface area (Å²) in [4.78, 5) is 11.4. The average Bonchev–Trinajstić information content (AvgIpc) is 2.11. The number of aryl methyl sites for hydroxylation is 1. The molecule has 0 aliphatic carbocycles. The number of hydrogen-bond donors (Lipinski definition) is 0. The van der Waals surface area contributed by atoms with Gasteiger partial charge in [0.15, 0.2) is 11.9 Å². The summed E-state index contributed by atoms with van der Waals surface area (Å²) >= 11 is 0. The standard InChI is InChI=1S/C9H13N2O2.BrH/c1-10(2)9(12)13-8-5-4-6-11(3)7-8;/h4-7H,1-3H3;1H/q+1;/p-1/i1D3,2D3;. The first kappa shape index (κ1) is 5.70. The molecule has 0 N–H and O–H groups in total. The highest BCUT2D eigenvalue weighted by Gasteiger charge is 2.08. The second-order valence-electron chi connectivity index (χ2n) is 2.41. The van der Waals surface area contributed by atoms with Crippen LogP contribution in [-0.4, -0.2) is 24.9 Å². The Kier molecular flexibility index (Phi) is 2.28. The van der Waals surface area contributed by atoms with Crippen molar-refractivity contribution in [1.82, 2.24) is 4.90 Å². The molecule has 0 atom stereocenters. The van der Waals surface area contributed by atoms with Crippen LogP contribution in [0.1, 0.15) is 8.22 Å². The molecule has 0 radical (unpaired) electrons. The molecule has 0 saturated heterocycles. The van der Waals surface area contributed by atoms with Gasteiger partial charge in [-0.05, 0) is 6.07 Å². The summed E-state index contributed by atoms with van der Waals surface area (Å²) in [5.41, 5.74) is 0. The molecule has 0 bridgehead atoms. The zero-order valence-electron chi connectivity index (χ0n) is 13.4. The van der Waals surface area contributed by atoms with Gasteiger partial charge in [0.05, 0.1) is 0 Å². The minimum Gasteiger partial charge on any atom is -1.00 e. The number of amides is 1. The molecule has 14 heavy (non-hydrogen) atoms. The molecule has 4 nitrogen and oxygen atoms in total. The number of aromatic nitrogens is 1. The molecule has 1 amide bonds. The lowest BCUT2D eigenvalue weighted by atomic mass is 10.4. The SMILES string of the molecule is [2H]C([2H])([2H])N(C(=O)Oc1ccc[n+](C)c1)C([2H])([2H])[2H].[Br-]. The van der Waals surface area contributed by atoms with Crippen molar-refractivity contribution in [3.8, 4) is 5.75 Å². The van der Waals surface area contributed by atoms with Crippen LogP contribution in [0.4, 0.5) is 4.79 Å². The Morgan fingerprint density at radius 3 is 2.93 bits per heavy atom. The summed E-state index contributed by atoms with van der Waals surface area (Å²) in [6.45, 7) is -6.22. The van der Waals surface area contributed by atoms with Gasteiger partial charge >= 0.3 is 6.09 Å². The third kappa shape index (κ3) is 3.74. The maximum Gasteiger partial charge on any atom is 0.414 e. The number of ether oxygens (including phenoxy) is 1. The Hall–Kier alpha value is -1.10. The van der Waals surface area contributed by atoms with E-state index < -0.39 is 20.0 Å². The summed E-state index contributed by atoms with van der Waals surface area (Å²) in [6, 6.07) is 2.98. The van der Waals surface area contributed by atoms with Gasteiger partial charge in [0.2, 0.25) is 6.20 Å². The molecule has 0 spiro atoms. The minimum absolute atomic E-state index is 0. The van der Waals surface area contributed by atoms with Gasteiger partial charge in [-0.1, -0.05) is 0 Å². The fourth-order valence-electron chi connectivity index (χ4n) is 0.767. The molecule has 0 fully saturated rings. The van der Waals surface area contributed by atoms with Gasteiger partial charge in [-0.25, -0.2) is 9.36 Å². The molecule has 0 aliphatic heterocycles. The van der Waals surface area contributed by atoms with Crippen LogP contribution in [0.25, 0.3) is 0 Å². The van der Waals surface area contributed by atoms with E-state index in [2.05, 4.69) is 0 Å². The van der Waals surface area contributed by atoms with Crippen LogP contribution >= 0.6 is 0 Å². The number of carbonyl (C=O) groups is 1. The van der Waals surface area contributed by atoms with Crippen molar-refractivity contribution in [2.24, 2.45) is 7.05 Å². The molecular weight excluding hydrogens is 248 g/mol. The van der Waals surface area contributed by atoms with Gasteiger partial charge in [0.1, 0.15) is 7.05 Å². The van der Waals surface area contributed by atoms with Crippen molar-refractivity contribution in [3.63, 3.8) is 0 Å². The molecule has 1 rings (SSSR count). The van der Waals surface area contributed by atoms with Crippen molar-refractivity contribution in [3.05, 3.63) is 24.5 Å². The van der Waals surface area contributed by atoms with Crippen LogP contribution in [-0.2, 0) is 7.05 Å². The first-order valence-electron chi connectivity index (χ1n) is 6.49. The summed E-state index contributed by atoms with van der Waals surface area (Å²) in [5, 5.41) is 0. The Bertz CT molecular complexity index is 462. The number of nitrogens with zero attached hydrogens (tertiary/aromatic N) is 2. The maximum atomic E-state index is 11.7. The van der Waals surface area contributed by atoms with Crippen LogP contribution in [0, 0.1) is 0 Å². The number of halogens is 1. The molecule has 1 aromatic rings. The average molecular weight is 267 g/mol. The van der Waals surface area contributed by atoms with E-state index >= 15 is 0 Å². The predicted octanol–water partition coefficient (Wildman–Crippen LogP) is -2.42. The van der Waals surface area contributed by atoms with E-state index in [1.54, 1.807) is 23.9 Å². The molecule has 1 heterocycles. The number of pyridine rings is 1. The van der Waals surface area contributed by atoms with Crippen LogP contribution in [0.5, 0.6) is 5.75 Å². The Morgan fingerprint density at radius 2 is 2.36 bits per heavy atom. The largest absolute Gasteiger partial charge is 1.00 e. The van der Waals surface area contributed by atoms with E-state index in [0.29, 0.717) is 0 Å². The highest BCUT2D eigenvalue weighted by atomic mass is 79.9. The molecule has 78 valence electrons. The van der Waals surface area contributed by atoms with Crippen LogP contribution in [0.2, 0.25) is 0 Å². The number of hydrogen-bond acceptors (Lipinski definition) is 2. The first-order valence-corrected chi connectivity index (χ1v) is 3.49. The van der Waals surface area contributed by atoms with E-state index in [9.17, 15) is 4.79 Å². The molecular formula is C9H13BrN2O2. The van der Waals surface area contributed by atoms with Crippen LogP contribution < -0.4 is 26.3 Å². The van der Waals surface area contributed by atoms with E-state index in [0.717, 1.165) is 0 Å². The fraction of sp³-hybridized carbons (Fsp3) is 0.333. The summed E-state index contributed by atoms with van der Waals surface area (Å²) in [5.74, 6) is 0.0495. The second kappa shape index (κ2) is 5.59. The van der Waals surface area contributed by atoms with Gasteiger partial charge in [-0.15, -0.1) is 0 Å². The molecule has 0 aliphatic rings. The number of rotatable bonds is 1. The maximum absolute atomic E-state index is 11.7. The van der Waals surface area contributed by atoms with Gasteiger partial charge in [-0.2, -0.15) is 0 Å². The second-order valence-corrected chi connectivity index (χ2v) is 2.41. The van der Waals surface area contributed by atoms with Crippen LogP contribution in [0.3, 0.4) is 0 Å². The third-order valence-corrected chi connectivity index (χ3v) is 1.30. The quantitative estimate of drug-likeness (QED) is 0.530. The smallest absolute Gasteiger partial charge is 0.414 e. The van der Waals surface area contributed by atoms with Crippen LogP contribution in [0.15, 0.2) is 24.5 Å². The third-order valence-electron chi connectivity index (χ3n) is 1.30. The highest BCUT2D eigenvalue weighted by Crippen LogP contribution is 2.05. The Labute approximate surface area is 102 Å². The van der Waals surface area contributed by atoms with E-state index in [1.807, 2.05) is 0 Å². The molecule has 1 aromatic heterocycles. The van der Waals surface area contributed by atoms with E-state index in [4.69, 9.17) is 13.0 Å². The van der Waals surface area contributed by atoms with Gasteiger partial charge in [-0.3, -0.25) is 0 Å². The van der Waals surface area contributed by atoms with Crippen molar-refractivity contribution in [2.75, 3.05) is 14.0 Å². The Morgan fingerprint density at radius 1 is 1.64 bits per heavy atom. The highest BCUT2D eigenvalue weighted by molar-refractivity contribution is 5.69. The van der Waals surface area contributed by atoms with Gasteiger partial charge < -0.3 is 26.6 Å². The first-order chi connectivity index (χ1) is 8.51. The molecule has 5 heteroatoms. The lowest BCUT2D eigenvalue weighted by Gasteiger charge is -2.09. The van der Waals surface area contributed by atoms with Crippen molar-refractivity contribution >= 4 is 6.09 Å².